The van der Waals surface area contributed by atoms with Gasteiger partial charge in [-0.05, 0) is 25.1 Å². The van der Waals surface area contributed by atoms with Crippen LogP contribution in [0.15, 0.2) is 48.8 Å². The first kappa shape index (κ1) is 13.1. The number of carbonyl (C=O) groups excluding carboxylic acids is 2. The van der Waals surface area contributed by atoms with E-state index in [1.54, 1.807) is 12.3 Å². The summed E-state index contributed by atoms with van der Waals surface area (Å²) in [6.07, 6.45) is 3.21. The molecular formula is C16H13N3O2. The fourth-order valence-electron chi connectivity index (χ4n) is 2.12. The minimum Gasteiger partial charge on any atom is -0.356 e. The summed E-state index contributed by atoms with van der Waals surface area (Å²) in [6.45, 7) is 1.46. The molecule has 104 valence electrons. The minimum absolute atomic E-state index is 0.0860. The number of amides is 1. The first-order chi connectivity index (χ1) is 10.1. The quantitative estimate of drug-likeness (QED) is 0.724. The van der Waals surface area contributed by atoms with Gasteiger partial charge in [0.25, 0.3) is 5.91 Å². The monoisotopic (exact) mass is 279 g/mol. The Hall–Kier alpha value is -2.95. The summed E-state index contributed by atoms with van der Waals surface area (Å²) in [5, 5.41) is 3.76. The Morgan fingerprint density at radius 3 is 2.76 bits per heavy atom. The van der Waals surface area contributed by atoms with E-state index in [9.17, 15) is 9.59 Å². The summed E-state index contributed by atoms with van der Waals surface area (Å²) in [5.41, 5.74) is 2.19. The number of fused-ring (bicyclic) bond motifs is 1. The van der Waals surface area contributed by atoms with E-state index >= 15 is 0 Å². The maximum Gasteiger partial charge on any atom is 0.272 e. The van der Waals surface area contributed by atoms with Gasteiger partial charge in [0.05, 0.1) is 11.2 Å². The molecule has 1 amide bonds. The highest BCUT2D eigenvalue weighted by Crippen LogP contribution is 2.21. The van der Waals surface area contributed by atoms with Crippen LogP contribution in [0, 0.1) is 0 Å². The zero-order valence-electron chi connectivity index (χ0n) is 11.4. The molecule has 0 spiro atoms. The second-order valence-corrected chi connectivity index (χ2v) is 4.69. The van der Waals surface area contributed by atoms with E-state index < -0.39 is 0 Å². The lowest BCUT2D eigenvalue weighted by molar-refractivity contribution is 0.101. The van der Waals surface area contributed by atoms with Crippen LogP contribution in [0.4, 0.5) is 5.69 Å². The van der Waals surface area contributed by atoms with E-state index in [0.29, 0.717) is 16.9 Å². The highest BCUT2D eigenvalue weighted by molar-refractivity contribution is 6.08. The molecular weight excluding hydrogens is 266 g/mol. The van der Waals surface area contributed by atoms with Crippen molar-refractivity contribution in [1.29, 1.82) is 0 Å². The van der Waals surface area contributed by atoms with Crippen molar-refractivity contribution in [2.75, 3.05) is 5.32 Å². The number of anilines is 1. The van der Waals surface area contributed by atoms with Crippen molar-refractivity contribution in [1.82, 2.24) is 9.97 Å². The average molecular weight is 279 g/mol. The minimum atomic E-state index is -0.305. The largest absolute Gasteiger partial charge is 0.356 e. The third-order valence-electron chi connectivity index (χ3n) is 3.22. The molecule has 21 heavy (non-hydrogen) atoms. The van der Waals surface area contributed by atoms with Crippen LogP contribution in [-0.2, 0) is 0 Å². The van der Waals surface area contributed by atoms with Crippen LogP contribution in [-0.4, -0.2) is 21.7 Å². The van der Waals surface area contributed by atoms with Crippen LogP contribution in [0.1, 0.15) is 27.8 Å². The lowest BCUT2D eigenvalue weighted by Gasteiger charge is -2.06. The van der Waals surface area contributed by atoms with E-state index in [1.165, 1.54) is 19.2 Å². The van der Waals surface area contributed by atoms with Gasteiger partial charge < -0.3 is 10.3 Å². The average Bonchev–Trinajstić information content (AvgIpc) is 2.98. The van der Waals surface area contributed by atoms with Crippen molar-refractivity contribution < 1.29 is 9.59 Å². The molecule has 0 saturated carbocycles. The Labute approximate surface area is 121 Å². The Balaban J connectivity index is 1.91. The number of para-hydroxylation sites is 1. The molecule has 0 radical (unpaired) electrons. The number of aromatic nitrogens is 2. The molecule has 0 unspecified atom stereocenters. The van der Waals surface area contributed by atoms with Crippen molar-refractivity contribution in [3.63, 3.8) is 0 Å². The number of nitrogens with zero attached hydrogens (tertiary/aromatic N) is 1. The van der Waals surface area contributed by atoms with Gasteiger partial charge in [-0.2, -0.15) is 0 Å². The molecule has 5 heteroatoms. The van der Waals surface area contributed by atoms with Gasteiger partial charge in [0.1, 0.15) is 5.69 Å². The van der Waals surface area contributed by atoms with Crippen LogP contribution in [0.3, 0.4) is 0 Å². The second-order valence-electron chi connectivity index (χ2n) is 4.69. The summed E-state index contributed by atoms with van der Waals surface area (Å²) in [7, 11) is 0. The number of ketones is 1. The van der Waals surface area contributed by atoms with Crippen LogP contribution >= 0.6 is 0 Å². The maximum absolute atomic E-state index is 12.2. The molecule has 3 rings (SSSR count). The van der Waals surface area contributed by atoms with Gasteiger partial charge in [-0.25, -0.2) is 0 Å². The first-order valence-electron chi connectivity index (χ1n) is 6.49. The summed E-state index contributed by atoms with van der Waals surface area (Å²) >= 11 is 0. The molecule has 0 aliphatic heterocycles. The summed E-state index contributed by atoms with van der Waals surface area (Å²) in [6, 6.07) is 10.9. The molecule has 1 aromatic carbocycles. The third-order valence-corrected chi connectivity index (χ3v) is 3.22. The van der Waals surface area contributed by atoms with Crippen molar-refractivity contribution in [3.8, 4) is 0 Å². The number of hydrogen-bond acceptors (Lipinski definition) is 3. The third kappa shape index (κ3) is 2.53. The molecule has 0 fully saturated rings. The van der Waals surface area contributed by atoms with Crippen LogP contribution in [0.2, 0.25) is 0 Å². The van der Waals surface area contributed by atoms with E-state index in [1.807, 2.05) is 24.3 Å². The fraction of sp³-hybridized carbons (Fsp3) is 0.0625. The van der Waals surface area contributed by atoms with E-state index in [2.05, 4.69) is 15.3 Å². The molecule has 0 saturated heterocycles. The predicted molar refractivity (Wildman–Crippen MR) is 80.5 cm³/mol. The smallest absolute Gasteiger partial charge is 0.272 e. The standard InChI is InChI=1S/C16H13N3O2/c1-10(20)12-8-14(18-9-12)16(21)19-13-6-2-4-11-5-3-7-17-15(11)13/h2-9,18H,1H3,(H,19,21). The normalized spacial score (nSPS) is 10.5. The van der Waals surface area contributed by atoms with Gasteiger partial charge in [-0.1, -0.05) is 18.2 Å². The lowest BCUT2D eigenvalue weighted by Crippen LogP contribution is -2.12. The van der Waals surface area contributed by atoms with E-state index in [4.69, 9.17) is 0 Å². The van der Waals surface area contributed by atoms with Crippen LogP contribution in [0.5, 0.6) is 0 Å². The second kappa shape index (κ2) is 5.20. The Morgan fingerprint density at radius 1 is 1.19 bits per heavy atom. The van der Waals surface area contributed by atoms with Gasteiger partial charge in [0, 0.05) is 23.3 Å². The van der Waals surface area contributed by atoms with Crippen molar-refractivity contribution >= 4 is 28.3 Å². The van der Waals surface area contributed by atoms with Gasteiger partial charge in [0.15, 0.2) is 5.78 Å². The van der Waals surface area contributed by atoms with Crippen molar-refractivity contribution in [3.05, 3.63) is 60.0 Å². The van der Waals surface area contributed by atoms with E-state index in [0.717, 1.165) is 10.9 Å². The maximum atomic E-state index is 12.2. The number of H-pyrrole nitrogens is 1. The number of carbonyl (C=O) groups is 2. The summed E-state index contributed by atoms with van der Waals surface area (Å²) in [5.74, 6) is -0.391. The number of aromatic amines is 1. The van der Waals surface area contributed by atoms with Crippen molar-refractivity contribution in [2.45, 2.75) is 6.92 Å². The summed E-state index contributed by atoms with van der Waals surface area (Å²) in [4.78, 5) is 30.5. The Morgan fingerprint density at radius 2 is 2.00 bits per heavy atom. The fourth-order valence-corrected chi connectivity index (χ4v) is 2.12. The number of benzene rings is 1. The predicted octanol–water partition coefficient (Wildman–Crippen LogP) is 3.02. The molecule has 3 aromatic rings. The molecule has 0 atom stereocenters. The molecule has 0 bridgehead atoms. The van der Waals surface area contributed by atoms with E-state index in [-0.39, 0.29) is 11.7 Å². The Bertz CT molecular complexity index is 831. The topological polar surface area (TPSA) is 74.8 Å². The molecule has 2 N–H and O–H groups in total. The Kier molecular flexibility index (Phi) is 3.23. The van der Waals surface area contributed by atoms with Crippen LogP contribution < -0.4 is 5.32 Å². The zero-order chi connectivity index (χ0) is 14.8. The first-order valence-corrected chi connectivity index (χ1v) is 6.49. The number of nitrogens with one attached hydrogen (secondary N) is 2. The number of hydrogen-bond donors (Lipinski definition) is 2. The van der Waals surface area contributed by atoms with Crippen LogP contribution in [0.25, 0.3) is 10.9 Å². The number of rotatable bonds is 3. The molecule has 0 aliphatic rings. The van der Waals surface area contributed by atoms with Gasteiger partial charge in [-0.15, -0.1) is 0 Å². The molecule has 0 aliphatic carbocycles. The van der Waals surface area contributed by atoms with Gasteiger partial charge >= 0.3 is 0 Å². The highest BCUT2D eigenvalue weighted by Gasteiger charge is 2.12. The summed E-state index contributed by atoms with van der Waals surface area (Å²) < 4.78 is 0. The highest BCUT2D eigenvalue weighted by atomic mass is 16.2. The van der Waals surface area contributed by atoms with Gasteiger partial charge in [-0.3, -0.25) is 14.6 Å². The zero-order valence-corrected chi connectivity index (χ0v) is 11.4. The number of pyridine rings is 1. The number of Topliss-reactive ketones (excluding diaryl/α,β-unsaturated/α-hetero) is 1. The van der Waals surface area contributed by atoms with Crippen molar-refractivity contribution in [2.24, 2.45) is 0 Å². The SMILES string of the molecule is CC(=O)c1c[nH]c(C(=O)Nc2cccc3cccnc23)c1. The lowest BCUT2D eigenvalue weighted by atomic mass is 10.2. The molecule has 2 aromatic heterocycles. The molecule has 2 heterocycles. The molecule has 5 nitrogen and oxygen atoms in total. The van der Waals surface area contributed by atoms with Gasteiger partial charge in [0.2, 0.25) is 0 Å².